The predicted octanol–water partition coefficient (Wildman–Crippen LogP) is 2.62. The van der Waals surface area contributed by atoms with E-state index < -0.39 is 10.0 Å². The number of ether oxygens (including phenoxy) is 1. The Morgan fingerprint density at radius 1 is 1.09 bits per heavy atom. The van der Waals surface area contributed by atoms with Gasteiger partial charge in [0.1, 0.15) is 0 Å². The van der Waals surface area contributed by atoms with Crippen LogP contribution in [0.5, 0.6) is 0 Å². The van der Waals surface area contributed by atoms with Gasteiger partial charge in [0.25, 0.3) is 0 Å². The van der Waals surface area contributed by atoms with Gasteiger partial charge in [-0.15, -0.1) is 0 Å². The van der Waals surface area contributed by atoms with Crippen molar-refractivity contribution in [3.05, 3.63) is 35.2 Å². The molecule has 2 aromatic rings. The van der Waals surface area contributed by atoms with Crippen molar-refractivity contribution in [3.63, 3.8) is 0 Å². The number of hydrogen-bond acceptors (Lipinski definition) is 6. The van der Waals surface area contributed by atoms with Crippen LogP contribution in [0.3, 0.4) is 0 Å². The van der Waals surface area contributed by atoms with Crippen LogP contribution in [0.25, 0.3) is 0 Å². The quantitative estimate of drug-likeness (QED) is 0.642. The highest BCUT2D eigenvalue weighted by Gasteiger charge is 2.27. The number of nitrogens with zero attached hydrogens (tertiary/aromatic N) is 4. The number of anilines is 2. The molecule has 1 aromatic carbocycles. The van der Waals surface area contributed by atoms with E-state index in [-0.39, 0.29) is 10.8 Å². The third kappa shape index (κ3) is 5.29. The number of sulfonamides is 1. The summed E-state index contributed by atoms with van der Waals surface area (Å²) in [5.41, 5.74) is 4.41. The lowest BCUT2D eigenvalue weighted by Gasteiger charge is -2.31. The molecule has 1 amide bonds. The Morgan fingerprint density at radius 3 is 2.44 bits per heavy atom. The van der Waals surface area contributed by atoms with Gasteiger partial charge in [0.05, 0.1) is 35.2 Å². The third-order valence-electron chi connectivity index (χ3n) is 6.81. The maximum atomic E-state index is 13.3. The smallest absolute Gasteiger partial charge is 0.243 e. The second-order valence-corrected chi connectivity index (χ2v) is 11.0. The summed E-state index contributed by atoms with van der Waals surface area (Å²) in [6.45, 7) is 7.61. The lowest BCUT2D eigenvalue weighted by Crippen LogP contribution is -2.37. The van der Waals surface area contributed by atoms with E-state index >= 15 is 0 Å². The zero-order valence-corrected chi connectivity index (χ0v) is 21.2. The summed E-state index contributed by atoms with van der Waals surface area (Å²) >= 11 is 0. The minimum Gasteiger partial charge on any atom is -0.378 e. The summed E-state index contributed by atoms with van der Waals surface area (Å²) in [6.07, 6.45) is 3.68. The zero-order valence-electron chi connectivity index (χ0n) is 20.3. The lowest BCUT2D eigenvalue weighted by molar-refractivity contribution is -0.116. The Kier molecular flexibility index (Phi) is 7.59. The Morgan fingerprint density at radius 2 is 1.79 bits per heavy atom. The second-order valence-electron chi connectivity index (χ2n) is 9.06. The fourth-order valence-electron chi connectivity index (χ4n) is 4.74. The number of aryl methyl sites for hydroxylation is 2. The van der Waals surface area contributed by atoms with E-state index in [1.165, 1.54) is 0 Å². The number of carbonyl (C=O) groups is 1. The van der Waals surface area contributed by atoms with Crippen LogP contribution in [0.2, 0.25) is 0 Å². The molecule has 34 heavy (non-hydrogen) atoms. The number of rotatable bonds is 7. The van der Waals surface area contributed by atoms with Gasteiger partial charge in [-0.1, -0.05) is 6.42 Å². The van der Waals surface area contributed by atoms with E-state index in [0.29, 0.717) is 57.9 Å². The van der Waals surface area contributed by atoms with E-state index in [9.17, 15) is 13.2 Å². The summed E-state index contributed by atoms with van der Waals surface area (Å²) < 4.78 is 35.4. The average molecular weight is 490 g/mol. The molecule has 0 aliphatic carbocycles. The molecule has 9 nitrogen and oxygen atoms in total. The number of morpholine rings is 1. The average Bonchev–Trinajstić information content (AvgIpc) is 3.09. The molecule has 2 aliphatic heterocycles. The maximum Gasteiger partial charge on any atom is 0.243 e. The van der Waals surface area contributed by atoms with E-state index in [0.717, 1.165) is 41.9 Å². The molecule has 10 heteroatoms. The van der Waals surface area contributed by atoms with E-state index in [2.05, 4.69) is 15.3 Å². The first-order chi connectivity index (χ1) is 16.3. The molecule has 0 atom stereocenters. The van der Waals surface area contributed by atoms with Gasteiger partial charge in [-0.05, 0) is 56.9 Å². The van der Waals surface area contributed by atoms with Crippen LogP contribution in [0.4, 0.5) is 11.4 Å². The number of piperidine rings is 1. The van der Waals surface area contributed by atoms with Crippen LogP contribution in [0.1, 0.15) is 42.6 Å². The van der Waals surface area contributed by atoms with Crippen molar-refractivity contribution >= 4 is 27.3 Å². The Hall–Kier alpha value is -2.43. The molecule has 0 radical (unpaired) electrons. The summed E-state index contributed by atoms with van der Waals surface area (Å²) in [6, 6.07) is 5.09. The van der Waals surface area contributed by atoms with Gasteiger partial charge in [0, 0.05) is 45.3 Å². The highest BCUT2D eigenvalue weighted by molar-refractivity contribution is 7.89. The van der Waals surface area contributed by atoms with Crippen molar-refractivity contribution in [2.24, 2.45) is 7.05 Å². The standard InChI is InChI=1S/C24H35N5O4S/c1-18-21(19(2)27(3)26-18)8-10-24(30)25-22-17-20(34(31,32)29-11-5-4-6-12-29)7-9-23(22)28-13-15-33-16-14-28/h7,9,17H,4-6,8,10-16H2,1-3H3,(H,25,30). The van der Waals surface area contributed by atoms with Crippen molar-refractivity contribution in [2.45, 2.75) is 50.8 Å². The molecule has 2 aliphatic rings. The van der Waals surface area contributed by atoms with Gasteiger partial charge < -0.3 is 15.0 Å². The minimum atomic E-state index is -3.60. The van der Waals surface area contributed by atoms with Gasteiger partial charge in [-0.25, -0.2) is 8.42 Å². The number of carbonyl (C=O) groups excluding carboxylic acids is 1. The largest absolute Gasteiger partial charge is 0.378 e. The Bertz CT molecular complexity index is 1130. The molecular weight excluding hydrogens is 454 g/mol. The number of hydrogen-bond donors (Lipinski definition) is 1. The van der Waals surface area contributed by atoms with E-state index in [1.807, 2.05) is 31.6 Å². The van der Waals surface area contributed by atoms with Crippen LogP contribution in [0.15, 0.2) is 23.1 Å². The molecule has 3 heterocycles. The highest BCUT2D eigenvalue weighted by atomic mass is 32.2. The molecule has 0 spiro atoms. The van der Waals surface area contributed by atoms with Crippen LogP contribution in [-0.2, 0) is 33.0 Å². The Balaban J connectivity index is 1.57. The molecule has 0 saturated carbocycles. The summed E-state index contributed by atoms with van der Waals surface area (Å²) in [4.78, 5) is 15.3. The molecule has 186 valence electrons. The van der Waals surface area contributed by atoms with Crippen molar-refractivity contribution < 1.29 is 17.9 Å². The van der Waals surface area contributed by atoms with E-state index in [4.69, 9.17) is 4.74 Å². The van der Waals surface area contributed by atoms with Gasteiger partial charge in [-0.3, -0.25) is 9.48 Å². The number of benzene rings is 1. The summed E-state index contributed by atoms with van der Waals surface area (Å²) in [5.74, 6) is -0.148. The molecule has 2 saturated heterocycles. The predicted molar refractivity (Wildman–Crippen MR) is 132 cm³/mol. The Labute approximate surface area is 202 Å². The second kappa shape index (κ2) is 10.5. The van der Waals surface area contributed by atoms with Crippen molar-refractivity contribution in [1.82, 2.24) is 14.1 Å². The van der Waals surface area contributed by atoms with Gasteiger partial charge in [-0.2, -0.15) is 9.40 Å². The lowest BCUT2D eigenvalue weighted by atomic mass is 10.1. The van der Waals surface area contributed by atoms with Crippen LogP contribution in [0, 0.1) is 13.8 Å². The van der Waals surface area contributed by atoms with Crippen LogP contribution < -0.4 is 10.2 Å². The molecule has 0 bridgehead atoms. The number of amides is 1. The molecule has 1 N–H and O–H groups in total. The normalized spacial score (nSPS) is 17.7. The van der Waals surface area contributed by atoms with Crippen LogP contribution >= 0.6 is 0 Å². The van der Waals surface area contributed by atoms with Crippen molar-refractivity contribution in [2.75, 3.05) is 49.6 Å². The SMILES string of the molecule is Cc1nn(C)c(C)c1CCC(=O)Nc1cc(S(=O)(=O)N2CCCCC2)ccc1N1CCOCC1. The third-order valence-corrected chi connectivity index (χ3v) is 8.70. The maximum absolute atomic E-state index is 13.3. The number of nitrogens with one attached hydrogen (secondary N) is 1. The minimum absolute atomic E-state index is 0.148. The molecule has 0 unspecified atom stereocenters. The molecule has 4 rings (SSSR count). The topological polar surface area (TPSA) is 96.8 Å². The summed E-state index contributed by atoms with van der Waals surface area (Å²) in [7, 11) is -1.71. The fourth-order valence-corrected chi connectivity index (χ4v) is 6.28. The monoisotopic (exact) mass is 489 g/mol. The first kappa shape index (κ1) is 24.7. The van der Waals surface area contributed by atoms with Gasteiger partial charge in [0.15, 0.2) is 0 Å². The zero-order chi connectivity index (χ0) is 24.3. The molecule has 2 fully saturated rings. The van der Waals surface area contributed by atoms with Crippen molar-refractivity contribution in [1.29, 1.82) is 0 Å². The first-order valence-electron chi connectivity index (χ1n) is 12.0. The summed E-state index contributed by atoms with van der Waals surface area (Å²) in [5, 5.41) is 7.43. The van der Waals surface area contributed by atoms with Crippen LogP contribution in [-0.4, -0.2) is 67.8 Å². The first-order valence-corrected chi connectivity index (χ1v) is 13.5. The van der Waals surface area contributed by atoms with Crippen molar-refractivity contribution in [3.8, 4) is 0 Å². The van der Waals surface area contributed by atoms with Gasteiger partial charge in [0.2, 0.25) is 15.9 Å². The highest BCUT2D eigenvalue weighted by Crippen LogP contribution is 2.32. The van der Waals surface area contributed by atoms with E-state index in [1.54, 1.807) is 16.4 Å². The van der Waals surface area contributed by atoms with Gasteiger partial charge >= 0.3 is 0 Å². The molecule has 1 aromatic heterocycles. The number of aromatic nitrogens is 2. The fraction of sp³-hybridized carbons (Fsp3) is 0.583. The molecular formula is C24H35N5O4S.